The van der Waals surface area contributed by atoms with Gasteiger partial charge in [-0.05, 0) is 12.1 Å². The molecule has 5 heteroatoms. The van der Waals surface area contributed by atoms with Crippen molar-refractivity contribution < 1.29 is 14.6 Å². The molecule has 0 saturated carbocycles. The summed E-state index contributed by atoms with van der Waals surface area (Å²) in [5.74, 6) is -0.231. The highest BCUT2D eigenvalue weighted by atomic mass is 16.5. The van der Waals surface area contributed by atoms with Gasteiger partial charge in [-0.2, -0.15) is 0 Å². The van der Waals surface area contributed by atoms with E-state index in [-0.39, 0.29) is 19.1 Å². The summed E-state index contributed by atoms with van der Waals surface area (Å²) in [7, 11) is 1.50. The Kier molecular flexibility index (Phi) is 4.15. The van der Waals surface area contributed by atoms with Gasteiger partial charge in [-0.15, -0.1) is 0 Å². The summed E-state index contributed by atoms with van der Waals surface area (Å²) < 4.78 is 4.72. The van der Waals surface area contributed by atoms with Gasteiger partial charge in [0.05, 0.1) is 12.7 Å². The number of H-pyrrole nitrogens is 1. The second-order valence-corrected chi connectivity index (χ2v) is 2.90. The van der Waals surface area contributed by atoms with Crippen molar-refractivity contribution in [3.63, 3.8) is 0 Å². The van der Waals surface area contributed by atoms with Crippen molar-refractivity contribution in [2.24, 2.45) is 0 Å². The van der Waals surface area contributed by atoms with Crippen molar-refractivity contribution >= 4 is 5.91 Å². The van der Waals surface area contributed by atoms with E-state index in [4.69, 9.17) is 4.74 Å². The molecule has 1 rings (SSSR count). The van der Waals surface area contributed by atoms with Crippen LogP contribution in [0.3, 0.4) is 0 Å². The zero-order valence-electron chi connectivity index (χ0n) is 7.99. The Bertz CT molecular complexity index is 272. The maximum absolute atomic E-state index is 11.3. The van der Waals surface area contributed by atoms with E-state index in [2.05, 4.69) is 10.3 Å². The van der Waals surface area contributed by atoms with Gasteiger partial charge in [-0.3, -0.25) is 4.79 Å². The summed E-state index contributed by atoms with van der Waals surface area (Å²) in [6.45, 7) is 0.400. The fraction of sp³-hybridized carbons (Fsp3) is 0.444. The van der Waals surface area contributed by atoms with Crippen LogP contribution < -0.4 is 5.32 Å². The van der Waals surface area contributed by atoms with E-state index in [0.717, 1.165) is 0 Å². The first-order valence-corrected chi connectivity index (χ1v) is 4.32. The summed E-state index contributed by atoms with van der Waals surface area (Å²) in [4.78, 5) is 14.1. The molecule has 1 aromatic rings. The minimum absolute atomic E-state index is 0.186. The topological polar surface area (TPSA) is 74.3 Å². The second kappa shape index (κ2) is 5.41. The molecule has 0 aliphatic heterocycles. The van der Waals surface area contributed by atoms with Gasteiger partial charge < -0.3 is 20.1 Å². The first-order valence-electron chi connectivity index (χ1n) is 4.32. The van der Waals surface area contributed by atoms with Gasteiger partial charge in [0, 0.05) is 19.9 Å². The van der Waals surface area contributed by atoms with Gasteiger partial charge in [0.1, 0.15) is 5.69 Å². The van der Waals surface area contributed by atoms with Crippen LogP contribution in [0.15, 0.2) is 18.3 Å². The third kappa shape index (κ3) is 3.20. The Balaban J connectivity index is 2.28. The number of carbonyl (C=O) groups is 1. The first-order chi connectivity index (χ1) is 6.74. The molecule has 3 N–H and O–H groups in total. The monoisotopic (exact) mass is 198 g/mol. The Hall–Kier alpha value is -1.33. The zero-order valence-corrected chi connectivity index (χ0v) is 7.99. The normalized spacial score (nSPS) is 12.4. The van der Waals surface area contributed by atoms with Crippen molar-refractivity contribution in [3.8, 4) is 0 Å². The fourth-order valence-corrected chi connectivity index (χ4v) is 1.03. The molecule has 14 heavy (non-hydrogen) atoms. The SMILES string of the molecule is COCC(O)CNC(=O)c1ccc[nH]1. The lowest BCUT2D eigenvalue weighted by Crippen LogP contribution is -2.34. The Morgan fingerprint density at radius 3 is 3.14 bits per heavy atom. The van der Waals surface area contributed by atoms with Gasteiger partial charge in [-0.25, -0.2) is 0 Å². The Morgan fingerprint density at radius 1 is 1.79 bits per heavy atom. The number of amides is 1. The molecule has 0 aliphatic carbocycles. The maximum atomic E-state index is 11.3. The summed E-state index contributed by atoms with van der Waals surface area (Å²) in [5.41, 5.74) is 0.481. The van der Waals surface area contributed by atoms with E-state index in [1.807, 2.05) is 0 Å². The number of methoxy groups -OCH3 is 1. The van der Waals surface area contributed by atoms with E-state index >= 15 is 0 Å². The molecule has 0 radical (unpaired) electrons. The number of aromatic amines is 1. The van der Waals surface area contributed by atoms with Crippen LogP contribution in [0.4, 0.5) is 0 Å². The number of aliphatic hydroxyl groups excluding tert-OH is 1. The molecule has 0 aliphatic rings. The molecule has 5 nitrogen and oxygen atoms in total. The minimum Gasteiger partial charge on any atom is -0.389 e. The van der Waals surface area contributed by atoms with Crippen LogP contribution in [0.1, 0.15) is 10.5 Å². The molecule has 1 heterocycles. The van der Waals surface area contributed by atoms with Crippen LogP contribution in [0, 0.1) is 0 Å². The first kappa shape index (κ1) is 10.7. The molecule has 0 bridgehead atoms. The van der Waals surface area contributed by atoms with Crippen LogP contribution in [0.2, 0.25) is 0 Å². The molecule has 78 valence electrons. The second-order valence-electron chi connectivity index (χ2n) is 2.90. The summed E-state index contributed by atoms with van der Waals surface area (Å²) in [6, 6.07) is 3.40. The van der Waals surface area contributed by atoms with Gasteiger partial charge in [-0.1, -0.05) is 0 Å². The van der Waals surface area contributed by atoms with E-state index < -0.39 is 6.10 Å². The molecule has 0 fully saturated rings. The number of rotatable bonds is 5. The molecule has 0 spiro atoms. The van der Waals surface area contributed by atoms with E-state index in [1.165, 1.54) is 7.11 Å². The number of carbonyl (C=O) groups excluding carboxylic acids is 1. The van der Waals surface area contributed by atoms with Gasteiger partial charge in [0.2, 0.25) is 0 Å². The lowest BCUT2D eigenvalue weighted by atomic mass is 10.3. The van der Waals surface area contributed by atoms with Gasteiger partial charge in [0.15, 0.2) is 0 Å². The van der Waals surface area contributed by atoms with Crippen molar-refractivity contribution in [3.05, 3.63) is 24.0 Å². The Morgan fingerprint density at radius 2 is 2.57 bits per heavy atom. The van der Waals surface area contributed by atoms with E-state index in [9.17, 15) is 9.90 Å². The van der Waals surface area contributed by atoms with E-state index in [1.54, 1.807) is 18.3 Å². The lowest BCUT2D eigenvalue weighted by Gasteiger charge is -2.09. The molecular weight excluding hydrogens is 184 g/mol. The number of aromatic nitrogens is 1. The fourth-order valence-electron chi connectivity index (χ4n) is 1.03. The number of hydrogen-bond donors (Lipinski definition) is 3. The smallest absolute Gasteiger partial charge is 0.267 e. The Labute approximate surface area is 82.1 Å². The van der Waals surface area contributed by atoms with Gasteiger partial charge in [0.25, 0.3) is 5.91 Å². The highest BCUT2D eigenvalue weighted by molar-refractivity contribution is 5.92. The zero-order chi connectivity index (χ0) is 10.4. The van der Waals surface area contributed by atoms with E-state index in [0.29, 0.717) is 5.69 Å². The average molecular weight is 198 g/mol. The van der Waals surface area contributed by atoms with Crippen LogP contribution in [0.5, 0.6) is 0 Å². The van der Waals surface area contributed by atoms with Crippen LogP contribution >= 0.6 is 0 Å². The summed E-state index contributed by atoms with van der Waals surface area (Å²) in [6.07, 6.45) is 0.999. The third-order valence-electron chi connectivity index (χ3n) is 1.70. The number of aliphatic hydroxyl groups is 1. The summed E-state index contributed by atoms with van der Waals surface area (Å²) >= 11 is 0. The maximum Gasteiger partial charge on any atom is 0.267 e. The van der Waals surface area contributed by atoms with Gasteiger partial charge >= 0.3 is 0 Å². The average Bonchev–Trinajstić information content (AvgIpc) is 2.67. The molecule has 0 aromatic carbocycles. The lowest BCUT2D eigenvalue weighted by molar-refractivity contribution is 0.0609. The molecule has 1 unspecified atom stereocenters. The molecular formula is C9H14N2O3. The summed E-state index contributed by atoms with van der Waals surface area (Å²) in [5, 5.41) is 11.8. The molecule has 0 saturated heterocycles. The third-order valence-corrected chi connectivity index (χ3v) is 1.70. The highest BCUT2D eigenvalue weighted by Crippen LogP contribution is 1.93. The largest absolute Gasteiger partial charge is 0.389 e. The van der Waals surface area contributed by atoms with Crippen LogP contribution in [-0.4, -0.2) is 42.4 Å². The quantitative estimate of drug-likeness (QED) is 0.611. The predicted octanol–water partition coefficient (Wildman–Crippen LogP) is -0.248. The van der Waals surface area contributed by atoms with Crippen LogP contribution in [0.25, 0.3) is 0 Å². The van der Waals surface area contributed by atoms with Crippen molar-refractivity contribution in [1.29, 1.82) is 0 Å². The minimum atomic E-state index is -0.668. The standard InChI is InChI=1S/C9H14N2O3/c1-14-6-7(12)5-11-9(13)8-3-2-4-10-8/h2-4,7,10,12H,5-6H2,1H3,(H,11,13). The predicted molar refractivity (Wildman–Crippen MR) is 51.0 cm³/mol. The molecule has 1 amide bonds. The number of nitrogens with one attached hydrogen (secondary N) is 2. The molecule has 1 atom stereocenters. The number of hydrogen-bond acceptors (Lipinski definition) is 3. The van der Waals surface area contributed by atoms with Crippen molar-refractivity contribution in [2.45, 2.75) is 6.10 Å². The van der Waals surface area contributed by atoms with Crippen molar-refractivity contribution in [2.75, 3.05) is 20.3 Å². The highest BCUT2D eigenvalue weighted by Gasteiger charge is 2.08. The van der Waals surface area contributed by atoms with Crippen molar-refractivity contribution in [1.82, 2.24) is 10.3 Å². The van der Waals surface area contributed by atoms with Crippen LogP contribution in [-0.2, 0) is 4.74 Å². The number of ether oxygens (including phenoxy) is 1. The molecule has 1 aromatic heterocycles.